The minimum Gasteiger partial charge on any atom is -0.492 e. The number of morpholine rings is 1. The second kappa shape index (κ2) is 9.41. The molecule has 0 aromatic heterocycles. The predicted molar refractivity (Wildman–Crippen MR) is 88.9 cm³/mol. The molecule has 0 amide bonds. The summed E-state index contributed by atoms with van der Waals surface area (Å²) in [7, 11) is 0. The third-order valence-corrected chi connectivity index (χ3v) is 4.03. The number of hydrogen-bond donors (Lipinski definition) is 1. The Morgan fingerprint density at radius 1 is 1.33 bits per heavy atom. The second-order valence-electron chi connectivity index (χ2n) is 5.23. The third kappa shape index (κ3) is 5.94. The van der Waals surface area contributed by atoms with Gasteiger partial charge in [-0.2, -0.15) is 0 Å². The average molecular weight is 357 g/mol. The minimum absolute atomic E-state index is 0.725. The predicted octanol–water partition coefficient (Wildman–Crippen LogP) is 2.66. The summed E-state index contributed by atoms with van der Waals surface area (Å²) < 4.78 is 12.4. The van der Waals surface area contributed by atoms with Crippen molar-refractivity contribution in [3.63, 3.8) is 0 Å². The van der Waals surface area contributed by atoms with E-state index in [4.69, 9.17) is 9.47 Å². The molecule has 2 rings (SSSR count). The summed E-state index contributed by atoms with van der Waals surface area (Å²) in [6, 6.07) is 6.21. The molecule has 0 radical (unpaired) electrons. The number of halogens is 1. The minimum atomic E-state index is 0.725. The summed E-state index contributed by atoms with van der Waals surface area (Å²) in [6.07, 6.45) is 1.14. The summed E-state index contributed by atoms with van der Waals surface area (Å²) >= 11 is 3.53. The molecule has 5 heteroatoms. The first-order valence-corrected chi connectivity index (χ1v) is 8.51. The molecule has 0 atom stereocenters. The van der Waals surface area contributed by atoms with E-state index < -0.39 is 0 Å². The SMILES string of the molecule is CCCNCc1cc(Br)ccc1OCCN1CCOCC1. The first-order chi connectivity index (χ1) is 10.3. The highest BCUT2D eigenvalue weighted by Gasteiger charge is 2.10. The molecular formula is C16H25BrN2O2. The number of ether oxygens (including phenoxy) is 2. The van der Waals surface area contributed by atoms with Crippen molar-refractivity contribution in [1.29, 1.82) is 0 Å². The van der Waals surface area contributed by atoms with Gasteiger partial charge in [0, 0.05) is 36.2 Å². The van der Waals surface area contributed by atoms with Crippen molar-refractivity contribution in [1.82, 2.24) is 10.2 Å². The average Bonchev–Trinajstić information content (AvgIpc) is 2.51. The van der Waals surface area contributed by atoms with Crippen LogP contribution in [0.25, 0.3) is 0 Å². The van der Waals surface area contributed by atoms with Gasteiger partial charge in [-0.1, -0.05) is 22.9 Å². The van der Waals surface area contributed by atoms with Gasteiger partial charge in [-0.15, -0.1) is 0 Å². The van der Waals surface area contributed by atoms with Crippen molar-refractivity contribution < 1.29 is 9.47 Å². The maximum absolute atomic E-state index is 5.98. The number of nitrogens with zero attached hydrogens (tertiary/aromatic N) is 1. The van der Waals surface area contributed by atoms with E-state index in [1.807, 2.05) is 12.1 Å². The zero-order valence-corrected chi connectivity index (χ0v) is 14.3. The molecule has 0 bridgehead atoms. The molecule has 1 aliphatic rings. The lowest BCUT2D eigenvalue weighted by atomic mass is 10.2. The van der Waals surface area contributed by atoms with Gasteiger partial charge in [-0.3, -0.25) is 4.90 Å². The largest absolute Gasteiger partial charge is 0.492 e. The topological polar surface area (TPSA) is 33.7 Å². The van der Waals surface area contributed by atoms with Gasteiger partial charge >= 0.3 is 0 Å². The van der Waals surface area contributed by atoms with Crippen LogP contribution in [-0.4, -0.2) is 50.9 Å². The summed E-state index contributed by atoms with van der Waals surface area (Å²) in [5.74, 6) is 0.982. The van der Waals surface area contributed by atoms with E-state index in [0.29, 0.717) is 0 Å². The molecule has 118 valence electrons. The van der Waals surface area contributed by atoms with Crippen LogP contribution in [0.3, 0.4) is 0 Å². The Bertz CT molecular complexity index is 423. The van der Waals surface area contributed by atoms with Crippen molar-refractivity contribution in [2.24, 2.45) is 0 Å². The van der Waals surface area contributed by atoms with Gasteiger partial charge in [0.25, 0.3) is 0 Å². The van der Waals surface area contributed by atoms with Crippen molar-refractivity contribution in [2.75, 3.05) is 46.0 Å². The Hall–Kier alpha value is -0.620. The number of benzene rings is 1. The molecule has 1 saturated heterocycles. The normalized spacial score (nSPS) is 16.1. The Morgan fingerprint density at radius 3 is 2.90 bits per heavy atom. The highest BCUT2D eigenvalue weighted by molar-refractivity contribution is 9.10. The molecule has 1 aromatic rings. The standard InChI is InChI=1S/C16H25BrN2O2/c1-2-5-18-13-14-12-15(17)3-4-16(14)21-11-8-19-6-9-20-10-7-19/h3-4,12,18H,2,5-11,13H2,1H3. The van der Waals surface area contributed by atoms with Gasteiger partial charge in [0.15, 0.2) is 0 Å². The van der Waals surface area contributed by atoms with Crippen LogP contribution in [0.2, 0.25) is 0 Å². The molecule has 21 heavy (non-hydrogen) atoms. The maximum atomic E-state index is 5.98. The highest BCUT2D eigenvalue weighted by atomic mass is 79.9. The fraction of sp³-hybridized carbons (Fsp3) is 0.625. The van der Waals surface area contributed by atoms with Crippen molar-refractivity contribution in [2.45, 2.75) is 19.9 Å². The Balaban J connectivity index is 1.82. The van der Waals surface area contributed by atoms with E-state index in [1.54, 1.807) is 0 Å². The Labute approximate surface area is 135 Å². The molecular weight excluding hydrogens is 332 g/mol. The smallest absolute Gasteiger partial charge is 0.123 e. The molecule has 0 saturated carbocycles. The Morgan fingerprint density at radius 2 is 2.14 bits per heavy atom. The molecule has 1 aromatic carbocycles. The molecule has 0 unspecified atom stereocenters. The van der Waals surface area contributed by atoms with Gasteiger partial charge in [0.2, 0.25) is 0 Å². The molecule has 1 fully saturated rings. The van der Waals surface area contributed by atoms with E-state index in [1.165, 1.54) is 5.56 Å². The molecule has 4 nitrogen and oxygen atoms in total. The first kappa shape index (κ1) is 16.7. The van der Waals surface area contributed by atoms with Crippen LogP contribution in [0.4, 0.5) is 0 Å². The summed E-state index contributed by atoms with van der Waals surface area (Å²) in [5, 5.41) is 3.43. The fourth-order valence-corrected chi connectivity index (χ4v) is 2.74. The van der Waals surface area contributed by atoms with Gasteiger partial charge in [0.1, 0.15) is 12.4 Å². The lowest BCUT2D eigenvalue weighted by molar-refractivity contribution is 0.0322. The van der Waals surface area contributed by atoms with E-state index in [2.05, 4.69) is 39.1 Å². The van der Waals surface area contributed by atoms with Crippen LogP contribution < -0.4 is 10.1 Å². The van der Waals surface area contributed by atoms with Crippen molar-refractivity contribution in [3.05, 3.63) is 28.2 Å². The molecule has 0 spiro atoms. The van der Waals surface area contributed by atoms with Crippen LogP contribution in [0.1, 0.15) is 18.9 Å². The van der Waals surface area contributed by atoms with Gasteiger partial charge in [-0.25, -0.2) is 0 Å². The number of hydrogen-bond acceptors (Lipinski definition) is 4. The van der Waals surface area contributed by atoms with Crippen LogP contribution in [-0.2, 0) is 11.3 Å². The van der Waals surface area contributed by atoms with Crippen molar-refractivity contribution >= 4 is 15.9 Å². The van der Waals surface area contributed by atoms with E-state index in [0.717, 1.165) is 69.2 Å². The van der Waals surface area contributed by atoms with Crippen LogP contribution in [0.15, 0.2) is 22.7 Å². The third-order valence-electron chi connectivity index (χ3n) is 3.53. The second-order valence-corrected chi connectivity index (χ2v) is 6.15. The summed E-state index contributed by atoms with van der Waals surface area (Å²) in [5.41, 5.74) is 1.21. The lowest BCUT2D eigenvalue weighted by Gasteiger charge is -2.26. The monoisotopic (exact) mass is 356 g/mol. The Kier molecular flexibility index (Phi) is 7.50. The highest BCUT2D eigenvalue weighted by Crippen LogP contribution is 2.23. The zero-order valence-electron chi connectivity index (χ0n) is 12.7. The summed E-state index contributed by atoms with van der Waals surface area (Å²) in [4.78, 5) is 2.39. The van der Waals surface area contributed by atoms with Crippen LogP contribution >= 0.6 is 15.9 Å². The fourth-order valence-electron chi connectivity index (χ4n) is 2.34. The maximum Gasteiger partial charge on any atom is 0.123 e. The van der Waals surface area contributed by atoms with Gasteiger partial charge < -0.3 is 14.8 Å². The zero-order chi connectivity index (χ0) is 14.9. The lowest BCUT2D eigenvalue weighted by Crippen LogP contribution is -2.38. The molecule has 0 aliphatic carbocycles. The van der Waals surface area contributed by atoms with Crippen LogP contribution in [0.5, 0.6) is 5.75 Å². The van der Waals surface area contributed by atoms with Crippen molar-refractivity contribution in [3.8, 4) is 5.75 Å². The van der Waals surface area contributed by atoms with E-state index in [-0.39, 0.29) is 0 Å². The quantitative estimate of drug-likeness (QED) is 0.726. The molecule has 1 aliphatic heterocycles. The summed E-state index contributed by atoms with van der Waals surface area (Å²) in [6.45, 7) is 9.43. The molecule has 1 heterocycles. The van der Waals surface area contributed by atoms with Gasteiger partial charge in [0.05, 0.1) is 13.2 Å². The van der Waals surface area contributed by atoms with Gasteiger partial charge in [-0.05, 0) is 31.2 Å². The molecule has 1 N–H and O–H groups in total. The number of nitrogens with one attached hydrogen (secondary N) is 1. The first-order valence-electron chi connectivity index (χ1n) is 7.71. The van der Waals surface area contributed by atoms with E-state index in [9.17, 15) is 0 Å². The van der Waals surface area contributed by atoms with E-state index >= 15 is 0 Å². The number of rotatable bonds is 8. The van der Waals surface area contributed by atoms with Crippen LogP contribution in [0, 0.1) is 0 Å².